The molecule has 28 heavy (non-hydrogen) atoms. The van der Waals surface area contributed by atoms with E-state index >= 15 is 0 Å². The van der Waals surface area contributed by atoms with Crippen LogP contribution >= 0.6 is 0 Å². The van der Waals surface area contributed by atoms with Crippen molar-refractivity contribution in [2.75, 3.05) is 39.3 Å². The summed E-state index contributed by atoms with van der Waals surface area (Å²) in [5.41, 5.74) is 0.325. The van der Waals surface area contributed by atoms with Crippen LogP contribution in [0.1, 0.15) is 39.3 Å². The number of carbonyl (C=O) groups excluding carboxylic acids is 2. The van der Waals surface area contributed by atoms with E-state index in [1.807, 2.05) is 25.7 Å². The molecule has 0 aliphatic carbocycles. The van der Waals surface area contributed by atoms with Crippen LogP contribution in [-0.2, 0) is 9.59 Å². The van der Waals surface area contributed by atoms with E-state index in [2.05, 4.69) is 10.6 Å². The summed E-state index contributed by atoms with van der Waals surface area (Å²) in [6.07, 6.45) is 0. The van der Waals surface area contributed by atoms with Gasteiger partial charge in [0.05, 0.1) is 13.1 Å². The molecule has 1 atom stereocenters. The summed E-state index contributed by atoms with van der Waals surface area (Å²) in [6, 6.07) is 3.45. The lowest BCUT2D eigenvalue weighted by Gasteiger charge is -2.35. The first-order chi connectivity index (χ1) is 13.0. The summed E-state index contributed by atoms with van der Waals surface area (Å²) in [5.74, 6) is -1.85. The van der Waals surface area contributed by atoms with E-state index < -0.39 is 11.6 Å². The van der Waals surface area contributed by atoms with E-state index in [-0.39, 0.29) is 29.9 Å². The summed E-state index contributed by atoms with van der Waals surface area (Å²) in [6.45, 7) is 10.5. The molecule has 2 amide bonds. The fourth-order valence-corrected chi connectivity index (χ4v) is 3.07. The zero-order valence-corrected chi connectivity index (χ0v) is 17.0. The lowest BCUT2D eigenvalue weighted by Crippen LogP contribution is -2.54. The maximum Gasteiger partial charge on any atom is 0.236 e. The van der Waals surface area contributed by atoms with Crippen LogP contribution in [0.2, 0.25) is 0 Å². The van der Waals surface area contributed by atoms with Crippen molar-refractivity contribution in [3.63, 3.8) is 0 Å². The van der Waals surface area contributed by atoms with Crippen LogP contribution in [0, 0.1) is 11.6 Å². The fourth-order valence-electron chi connectivity index (χ4n) is 3.07. The largest absolute Gasteiger partial charge is 0.350 e. The van der Waals surface area contributed by atoms with Crippen LogP contribution in [-0.4, -0.2) is 66.4 Å². The van der Waals surface area contributed by atoms with Crippen LogP contribution in [0.5, 0.6) is 0 Å². The predicted octanol–water partition coefficient (Wildman–Crippen LogP) is 1.67. The Morgan fingerprint density at radius 1 is 1.11 bits per heavy atom. The SMILES string of the molecule is C[C@H](NCC(=O)N1CCN(CC(=O)NC(C)(C)C)CC1)c1ccc(F)c(F)c1. The zero-order chi connectivity index (χ0) is 20.9. The van der Waals surface area contributed by atoms with Crippen molar-refractivity contribution in [2.24, 2.45) is 0 Å². The van der Waals surface area contributed by atoms with Gasteiger partial charge >= 0.3 is 0 Å². The van der Waals surface area contributed by atoms with E-state index in [4.69, 9.17) is 0 Å². The maximum absolute atomic E-state index is 13.3. The van der Waals surface area contributed by atoms with Gasteiger partial charge in [-0.3, -0.25) is 14.5 Å². The van der Waals surface area contributed by atoms with Gasteiger partial charge in [-0.05, 0) is 45.4 Å². The smallest absolute Gasteiger partial charge is 0.236 e. The Labute approximate surface area is 165 Å². The molecule has 1 saturated heterocycles. The number of carbonyl (C=O) groups is 2. The molecule has 0 radical (unpaired) electrons. The first-order valence-corrected chi connectivity index (χ1v) is 9.54. The highest BCUT2D eigenvalue weighted by atomic mass is 19.2. The molecule has 0 spiro atoms. The minimum absolute atomic E-state index is 0.0192. The summed E-state index contributed by atoms with van der Waals surface area (Å²) >= 11 is 0. The second-order valence-corrected chi connectivity index (χ2v) is 8.23. The molecular formula is C20H30F2N4O2. The van der Waals surface area contributed by atoms with Gasteiger partial charge < -0.3 is 15.5 Å². The van der Waals surface area contributed by atoms with Gasteiger partial charge in [0, 0.05) is 37.8 Å². The molecule has 1 aromatic carbocycles. The zero-order valence-electron chi connectivity index (χ0n) is 17.0. The Morgan fingerprint density at radius 2 is 1.75 bits per heavy atom. The average Bonchev–Trinajstić information content (AvgIpc) is 2.60. The number of nitrogens with zero attached hydrogens (tertiary/aromatic N) is 2. The lowest BCUT2D eigenvalue weighted by atomic mass is 10.1. The molecule has 0 bridgehead atoms. The first kappa shape index (κ1) is 22.2. The van der Waals surface area contributed by atoms with Crippen molar-refractivity contribution in [1.82, 2.24) is 20.4 Å². The molecule has 156 valence electrons. The maximum atomic E-state index is 13.3. The molecular weight excluding hydrogens is 366 g/mol. The molecule has 6 nitrogen and oxygen atoms in total. The standard InChI is InChI=1S/C20H30F2N4O2/c1-14(15-5-6-16(21)17(22)11-15)23-12-19(28)26-9-7-25(8-10-26)13-18(27)24-20(2,3)4/h5-6,11,14,23H,7-10,12-13H2,1-4H3,(H,24,27)/t14-/m0/s1. The highest BCUT2D eigenvalue weighted by Gasteiger charge is 2.24. The van der Waals surface area contributed by atoms with E-state index in [9.17, 15) is 18.4 Å². The Hall–Kier alpha value is -2.06. The van der Waals surface area contributed by atoms with E-state index in [0.717, 1.165) is 12.1 Å². The van der Waals surface area contributed by atoms with Crippen molar-refractivity contribution < 1.29 is 18.4 Å². The monoisotopic (exact) mass is 396 g/mol. The van der Waals surface area contributed by atoms with Crippen molar-refractivity contribution in [1.29, 1.82) is 0 Å². The van der Waals surface area contributed by atoms with Crippen LogP contribution < -0.4 is 10.6 Å². The Morgan fingerprint density at radius 3 is 2.32 bits per heavy atom. The molecule has 1 fully saturated rings. The van der Waals surface area contributed by atoms with Crippen LogP contribution in [0.15, 0.2) is 18.2 Å². The van der Waals surface area contributed by atoms with Gasteiger partial charge in [0.25, 0.3) is 0 Å². The number of piperazine rings is 1. The van der Waals surface area contributed by atoms with Crippen molar-refractivity contribution in [3.05, 3.63) is 35.4 Å². The van der Waals surface area contributed by atoms with Crippen LogP contribution in [0.25, 0.3) is 0 Å². The molecule has 0 saturated carbocycles. The van der Waals surface area contributed by atoms with Crippen LogP contribution in [0.4, 0.5) is 8.78 Å². The Kier molecular flexibility index (Phi) is 7.48. The number of amides is 2. The number of rotatable bonds is 6. The van der Waals surface area contributed by atoms with E-state index in [0.29, 0.717) is 38.3 Å². The molecule has 1 aliphatic heterocycles. The van der Waals surface area contributed by atoms with Gasteiger partial charge in [-0.1, -0.05) is 6.07 Å². The summed E-state index contributed by atoms with van der Waals surface area (Å²) in [7, 11) is 0. The predicted molar refractivity (Wildman–Crippen MR) is 104 cm³/mol. The van der Waals surface area contributed by atoms with Crippen molar-refractivity contribution in [2.45, 2.75) is 39.3 Å². The van der Waals surface area contributed by atoms with Crippen LogP contribution in [0.3, 0.4) is 0 Å². The Bertz CT molecular complexity index is 698. The summed E-state index contributed by atoms with van der Waals surface area (Å²) in [4.78, 5) is 28.2. The third kappa shape index (κ3) is 6.83. The third-order valence-corrected chi connectivity index (χ3v) is 4.61. The number of hydrogen-bond donors (Lipinski definition) is 2. The summed E-state index contributed by atoms with van der Waals surface area (Å²) < 4.78 is 26.4. The third-order valence-electron chi connectivity index (χ3n) is 4.61. The quantitative estimate of drug-likeness (QED) is 0.768. The van der Waals surface area contributed by atoms with Gasteiger partial charge in [0.2, 0.25) is 11.8 Å². The molecule has 0 aromatic heterocycles. The minimum Gasteiger partial charge on any atom is -0.350 e. The van der Waals surface area contributed by atoms with Gasteiger partial charge in [-0.25, -0.2) is 8.78 Å². The van der Waals surface area contributed by atoms with Gasteiger partial charge in [0.1, 0.15) is 0 Å². The fraction of sp³-hybridized carbons (Fsp3) is 0.600. The normalized spacial score (nSPS) is 16.7. The van der Waals surface area contributed by atoms with Crippen molar-refractivity contribution >= 4 is 11.8 Å². The second-order valence-electron chi connectivity index (χ2n) is 8.23. The van der Waals surface area contributed by atoms with E-state index in [1.54, 1.807) is 11.8 Å². The molecule has 1 aliphatic rings. The van der Waals surface area contributed by atoms with Gasteiger partial charge in [-0.2, -0.15) is 0 Å². The highest BCUT2D eigenvalue weighted by Crippen LogP contribution is 2.15. The summed E-state index contributed by atoms with van der Waals surface area (Å²) in [5, 5.41) is 5.99. The molecule has 2 N–H and O–H groups in total. The highest BCUT2D eigenvalue weighted by molar-refractivity contribution is 5.79. The van der Waals surface area contributed by atoms with Gasteiger partial charge in [0.15, 0.2) is 11.6 Å². The lowest BCUT2D eigenvalue weighted by molar-refractivity contribution is -0.132. The topological polar surface area (TPSA) is 64.7 Å². The number of halogens is 2. The minimum atomic E-state index is -0.899. The second kappa shape index (κ2) is 9.43. The Balaban J connectivity index is 1.74. The molecule has 1 aromatic rings. The molecule has 2 rings (SSSR count). The molecule has 1 heterocycles. The number of hydrogen-bond acceptors (Lipinski definition) is 4. The molecule has 0 unspecified atom stereocenters. The number of benzene rings is 1. The first-order valence-electron chi connectivity index (χ1n) is 9.54. The average molecular weight is 396 g/mol. The van der Waals surface area contributed by atoms with Gasteiger partial charge in [-0.15, -0.1) is 0 Å². The molecule has 8 heteroatoms. The van der Waals surface area contributed by atoms with E-state index in [1.165, 1.54) is 6.07 Å². The van der Waals surface area contributed by atoms with Crippen molar-refractivity contribution in [3.8, 4) is 0 Å². The number of nitrogens with one attached hydrogen (secondary N) is 2.